The zero-order valence-corrected chi connectivity index (χ0v) is 7.22. The Bertz CT molecular complexity index is 219. The molecule has 0 aliphatic carbocycles. The first-order chi connectivity index (χ1) is 5.29. The number of nitrogen functional groups attached to an aromatic ring is 1. The van der Waals surface area contributed by atoms with E-state index in [1.54, 1.807) is 0 Å². The third kappa shape index (κ3) is 2.00. The fourth-order valence-corrected chi connectivity index (χ4v) is 1.28. The van der Waals surface area contributed by atoms with Gasteiger partial charge >= 0.3 is 0 Å². The second-order valence-corrected chi connectivity index (χ2v) is 2.70. The normalized spacial score (nSPS) is 9.17. The Morgan fingerprint density at radius 3 is 1.83 bits per heavy atom. The van der Waals surface area contributed by atoms with Gasteiger partial charge in [-0.05, 0) is 24.0 Å². The number of para-hydroxylation sites is 1. The van der Waals surface area contributed by atoms with Gasteiger partial charge in [-0.1, -0.05) is 39.5 Å². The fourth-order valence-electron chi connectivity index (χ4n) is 1.28. The molecule has 0 saturated heterocycles. The van der Waals surface area contributed by atoms with Gasteiger partial charge in [0.15, 0.2) is 0 Å². The zero-order chi connectivity index (χ0) is 8.27. The van der Waals surface area contributed by atoms with Crippen LogP contribution in [-0.2, 0) is 12.8 Å². The molecule has 0 bridgehead atoms. The second kappa shape index (κ2) is 4.81. The first-order valence-electron chi connectivity index (χ1n) is 4.15. The zero-order valence-electron chi connectivity index (χ0n) is 7.22. The molecule has 2 N–H and O–H groups in total. The van der Waals surface area contributed by atoms with Gasteiger partial charge < -0.3 is 5.73 Å². The Labute approximate surface area is 75.6 Å². The molecular formula is C11H19N. The Hall–Kier alpha value is -0.980. The fraction of sp³-hybridized carbons (Fsp3) is 0.455. The maximum Gasteiger partial charge on any atom is 0.0378 e. The predicted octanol–water partition coefficient (Wildman–Crippen LogP) is 3.03. The molecule has 1 aromatic rings. The summed E-state index contributed by atoms with van der Waals surface area (Å²) in [6, 6.07) is 6.26. The molecule has 1 aromatic carbocycles. The summed E-state index contributed by atoms with van der Waals surface area (Å²) < 4.78 is 0. The molecule has 0 unspecified atom stereocenters. The van der Waals surface area contributed by atoms with Gasteiger partial charge in [0.05, 0.1) is 0 Å². The van der Waals surface area contributed by atoms with Crippen LogP contribution in [-0.4, -0.2) is 0 Å². The second-order valence-electron chi connectivity index (χ2n) is 2.70. The summed E-state index contributed by atoms with van der Waals surface area (Å²) >= 11 is 0. The summed E-state index contributed by atoms with van der Waals surface area (Å²) in [6.07, 6.45) is 2.05. The van der Waals surface area contributed by atoms with E-state index in [0.29, 0.717) is 0 Å². The van der Waals surface area contributed by atoms with Crippen LogP contribution < -0.4 is 5.73 Å². The summed E-state index contributed by atoms with van der Waals surface area (Å²) in [5.74, 6) is 0. The van der Waals surface area contributed by atoms with E-state index in [2.05, 4.69) is 32.0 Å². The Balaban J connectivity index is 0.00000121. The van der Waals surface area contributed by atoms with Crippen LogP contribution in [0.4, 0.5) is 5.69 Å². The lowest BCUT2D eigenvalue weighted by Crippen LogP contribution is -1.97. The van der Waals surface area contributed by atoms with Crippen LogP contribution in [0, 0.1) is 0 Å². The number of nitrogens with two attached hydrogens (primary N) is 1. The van der Waals surface area contributed by atoms with Crippen LogP contribution in [0.25, 0.3) is 0 Å². The van der Waals surface area contributed by atoms with E-state index in [4.69, 9.17) is 5.73 Å². The molecule has 0 saturated carbocycles. The van der Waals surface area contributed by atoms with Crippen LogP contribution in [0.15, 0.2) is 18.2 Å². The minimum Gasteiger partial charge on any atom is -0.398 e. The Kier molecular flexibility index (Phi) is 4.42. The van der Waals surface area contributed by atoms with Gasteiger partial charge in [-0.15, -0.1) is 0 Å². The van der Waals surface area contributed by atoms with E-state index in [1.807, 2.05) is 0 Å². The summed E-state index contributed by atoms with van der Waals surface area (Å²) in [4.78, 5) is 0. The van der Waals surface area contributed by atoms with Crippen LogP contribution in [0.2, 0.25) is 0 Å². The number of benzene rings is 1. The van der Waals surface area contributed by atoms with E-state index in [-0.39, 0.29) is 7.43 Å². The van der Waals surface area contributed by atoms with Gasteiger partial charge in [-0.25, -0.2) is 0 Å². The van der Waals surface area contributed by atoms with Crippen molar-refractivity contribution >= 4 is 5.69 Å². The third-order valence-corrected chi connectivity index (χ3v) is 2.05. The van der Waals surface area contributed by atoms with Gasteiger partial charge in [-0.3, -0.25) is 0 Å². The molecule has 0 radical (unpaired) electrons. The highest BCUT2D eigenvalue weighted by Gasteiger charge is 1.99. The van der Waals surface area contributed by atoms with Gasteiger partial charge in [-0.2, -0.15) is 0 Å². The monoisotopic (exact) mass is 165 g/mol. The molecule has 12 heavy (non-hydrogen) atoms. The molecule has 1 rings (SSSR count). The van der Waals surface area contributed by atoms with Crippen molar-refractivity contribution in [3.05, 3.63) is 29.3 Å². The average Bonchev–Trinajstić information content (AvgIpc) is 2.05. The summed E-state index contributed by atoms with van der Waals surface area (Å²) in [5, 5.41) is 0. The van der Waals surface area contributed by atoms with Gasteiger partial charge in [0.1, 0.15) is 0 Å². The quantitative estimate of drug-likeness (QED) is 0.670. The van der Waals surface area contributed by atoms with Crippen molar-refractivity contribution in [2.45, 2.75) is 34.1 Å². The Morgan fingerprint density at radius 2 is 1.50 bits per heavy atom. The topological polar surface area (TPSA) is 26.0 Å². The number of rotatable bonds is 2. The summed E-state index contributed by atoms with van der Waals surface area (Å²) in [6.45, 7) is 4.26. The van der Waals surface area contributed by atoms with E-state index >= 15 is 0 Å². The number of hydrogen-bond acceptors (Lipinski definition) is 1. The first kappa shape index (κ1) is 11.0. The smallest absolute Gasteiger partial charge is 0.0378 e. The Morgan fingerprint density at radius 1 is 1.08 bits per heavy atom. The molecule has 1 heteroatoms. The molecule has 0 amide bonds. The molecule has 0 aliphatic heterocycles. The molecule has 68 valence electrons. The highest BCUT2D eigenvalue weighted by Crippen LogP contribution is 2.17. The van der Waals surface area contributed by atoms with Crippen molar-refractivity contribution < 1.29 is 0 Å². The molecule has 0 aliphatic rings. The highest BCUT2D eigenvalue weighted by molar-refractivity contribution is 5.53. The molecule has 0 atom stereocenters. The lowest BCUT2D eigenvalue weighted by Gasteiger charge is -2.06. The van der Waals surface area contributed by atoms with Crippen molar-refractivity contribution in [1.82, 2.24) is 0 Å². The van der Waals surface area contributed by atoms with Crippen molar-refractivity contribution in [2.24, 2.45) is 0 Å². The van der Waals surface area contributed by atoms with Crippen LogP contribution in [0.3, 0.4) is 0 Å². The molecule has 1 nitrogen and oxygen atoms in total. The van der Waals surface area contributed by atoms with E-state index in [0.717, 1.165) is 18.5 Å². The molecule has 0 aromatic heterocycles. The highest BCUT2D eigenvalue weighted by atomic mass is 14.6. The number of hydrogen-bond donors (Lipinski definition) is 1. The summed E-state index contributed by atoms with van der Waals surface area (Å²) in [5.41, 5.74) is 9.42. The number of anilines is 1. The maximum absolute atomic E-state index is 5.90. The molecule has 0 heterocycles. The molecular weight excluding hydrogens is 146 g/mol. The van der Waals surface area contributed by atoms with Gasteiger partial charge in [0.25, 0.3) is 0 Å². The minimum absolute atomic E-state index is 0. The summed E-state index contributed by atoms with van der Waals surface area (Å²) in [7, 11) is 0. The standard InChI is InChI=1S/C10H15N.CH4/c1-3-8-6-5-7-9(4-2)10(8)11;/h5-7H,3-4,11H2,1-2H3;1H4. The lowest BCUT2D eigenvalue weighted by molar-refractivity contribution is 1.09. The first-order valence-corrected chi connectivity index (χ1v) is 4.15. The lowest BCUT2D eigenvalue weighted by atomic mass is 10.0. The minimum atomic E-state index is 0. The van der Waals surface area contributed by atoms with Crippen molar-refractivity contribution in [3.63, 3.8) is 0 Å². The molecule has 0 spiro atoms. The van der Waals surface area contributed by atoms with Gasteiger partial charge in [0.2, 0.25) is 0 Å². The van der Waals surface area contributed by atoms with Crippen molar-refractivity contribution in [3.8, 4) is 0 Å². The maximum atomic E-state index is 5.90. The van der Waals surface area contributed by atoms with Crippen LogP contribution in [0.5, 0.6) is 0 Å². The van der Waals surface area contributed by atoms with Crippen LogP contribution >= 0.6 is 0 Å². The SMILES string of the molecule is C.CCc1cccc(CC)c1N. The van der Waals surface area contributed by atoms with Gasteiger partial charge in [0, 0.05) is 5.69 Å². The predicted molar refractivity (Wildman–Crippen MR) is 56.3 cm³/mol. The van der Waals surface area contributed by atoms with E-state index in [9.17, 15) is 0 Å². The van der Waals surface area contributed by atoms with Crippen LogP contribution in [0.1, 0.15) is 32.4 Å². The largest absolute Gasteiger partial charge is 0.398 e. The van der Waals surface area contributed by atoms with E-state index < -0.39 is 0 Å². The molecule has 0 fully saturated rings. The van der Waals surface area contributed by atoms with E-state index in [1.165, 1.54) is 11.1 Å². The van der Waals surface area contributed by atoms with Crippen molar-refractivity contribution in [1.29, 1.82) is 0 Å². The average molecular weight is 165 g/mol. The van der Waals surface area contributed by atoms with Crippen molar-refractivity contribution in [2.75, 3.05) is 5.73 Å². The third-order valence-electron chi connectivity index (χ3n) is 2.05. The number of aryl methyl sites for hydroxylation is 2.